The molecule has 0 spiro atoms. The Hall–Kier alpha value is -2.71. The van der Waals surface area contributed by atoms with E-state index in [0.29, 0.717) is 0 Å². The predicted molar refractivity (Wildman–Crippen MR) is 86.6 cm³/mol. The largest absolute Gasteiger partial charge is 0.461 e. The Bertz CT molecular complexity index is 944. The number of aromatic amines is 1. The number of hydrogen-bond acceptors (Lipinski definition) is 9. The van der Waals surface area contributed by atoms with Crippen LogP contribution in [0.3, 0.4) is 0 Å². The normalized spacial score (nSPS) is 23.0. The van der Waals surface area contributed by atoms with Crippen LogP contribution in [0, 0.1) is 5.92 Å². The number of carbonyl (C=O) groups is 1. The number of alkyl halides is 3. The van der Waals surface area contributed by atoms with E-state index < -0.39 is 54.9 Å². The molecule has 2 heterocycles. The minimum atomic E-state index is -4.59. The predicted octanol–water partition coefficient (Wildman–Crippen LogP) is -1.14. The number of esters is 1. The lowest BCUT2D eigenvalue weighted by Gasteiger charge is -2.18. The highest BCUT2D eigenvalue weighted by molar-refractivity contribution is 5.85. The number of aliphatic hydroxyl groups is 1. The molecule has 0 bridgehead atoms. The van der Waals surface area contributed by atoms with Gasteiger partial charge in [0, 0.05) is 0 Å². The molecule has 0 radical (unpaired) electrons. The zero-order chi connectivity index (χ0) is 20.7. The van der Waals surface area contributed by atoms with Crippen LogP contribution in [0.4, 0.5) is 19.1 Å². The first-order chi connectivity index (χ1) is 13.1. The summed E-state index contributed by atoms with van der Waals surface area (Å²) in [5.41, 5.74) is 8.38. The lowest BCUT2D eigenvalue weighted by molar-refractivity contribution is -0.168. The van der Waals surface area contributed by atoms with Crippen LogP contribution in [0.1, 0.15) is 6.42 Å². The fraction of sp³-hybridized carbons (Fsp3) is 0.571. The Labute approximate surface area is 154 Å². The van der Waals surface area contributed by atoms with Crippen LogP contribution in [0.5, 0.6) is 0 Å². The van der Waals surface area contributed by atoms with Gasteiger partial charge in [-0.25, -0.2) is 4.98 Å². The second-order valence-electron chi connectivity index (χ2n) is 6.38. The van der Waals surface area contributed by atoms with Gasteiger partial charge in [-0.15, -0.1) is 0 Å². The summed E-state index contributed by atoms with van der Waals surface area (Å²) in [7, 11) is 0. The van der Waals surface area contributed by atoms with E-state index in [-0.39, 0.29) is 23.8 Å². The van der Waals surface area contributed by atoms with E-state index in [9.17, 15) is 27.9 Å². The molecule has 154 valence electrons. The van der Waals surface area contributed by atoms with Crippen molar-refractivity contribution in [1.29, 1.82) is 0 Å². The number of fused-ring (bicyclic) bond motifs is 1. The van der Waals surface area contributed by atoms with Crippen LogP contribution in [-0.4, -0.2) is 61.6 Å². The summed E-state index contributed by atoms with van der Waals surface area (Å²) < 4.78 is 49.3. The first kappa shape index (κ1) is 20.0. The molecule has 0 amide bonds. The molecular weight excluding hydrogens is 389 g/mol. The highest BCUT2D eigenvalue weighted by Gasteiger charge is 2.70. The molecule has 0 saturated heterocycles. The Morgan fingerprint density at radius 3 is 2.86 bits per heavy atom. The highest BCUT2D eigenvalue weighted by Crippen LogP contribution is 2.52. The van der Waals surface area contributed by atoms with Crippen LogP contribution < -0.4 is 17.0 Å². The van der Waals surface area contributed by atoms with Gasteiger partial charge in [0.1, 0.15) is 25.0 Å². The number of aliphatic hydroxyl groups excluding tert-OH is 1. The topological polar surface area (TPSA) is 171 Å². The van der Waals surface area contributed by atoms with Gasteiger partial charge >= 0.3 is 12.1 Å². The van der Waals surface area contributed by atoms with E-state index in [0.717, 1.165) is 0 Å². The highest BCUT2D eigenvalue weighted by atomic mass is 19.4. The molecule has 1 aliphatic carbocycles. The second kappa shape index (κ2) is 7.03. The minimum absolute atomic E-state index is 0.0155. The van der Waals surface area contributed by atoms with Gasteiger partial charge in [0.25, 0.3) is 5.56 Å². The molecule has 6 N–H and O–H groups in total. The Balaban J connectivity index is 1.57. The van der Waals surface area contributed by atoms with E-state index in [1.807, 2.05) is 0 Å². The standard InChI is InChI=1S/C14H17F3N6O5/c15-14(16,17)7-1-13(7,19)11(26)27-3-6(2-24)28-5-23-4-20-8-9(23)21-12(18)22-10(8)25/h4,6-7,24H,1-3,5,19H2,(H3,18,21,22,25). The van der Waals surface area contributed by atoms with Crippen molar-refractivity contribution in [2.24, 2.45) is 11.7 Å². The summed E-state index contributed by atoms with van der Waals surface area (Å²) >= 11 is 0. The van der Waals surface area contributed by atoms with E-state index in [4.69, 9.17) is 20.9 Å². The lowest BCUT2D eigenvalue weighted by atomic mass is 10.2. The first-order valence-electron chi connectivity index (χ1n) is 8.02. The van der Waals surface area contributed by atoms with Crippen molar-refractivity contribution in [3.63, 3.8) is 0 Å². The maximum absolute atomic E-state index is 12.6. The second-order valence-corrected chi connectivity index (χ2v) is 6.38. The Morgan fingerprint density at radius 1 is 1.54 bits per heavy atom. The number of nitrogens with two attached hydrogens (primary N) is 2. The maximum Gasteiger partial charge on any atom is 0.394 e. The molecule has 2 aromatic rings. The number of ether oxygens (including phenoxy) is 2. The molecule has 0 aromatic carbocycles. The zero-order valence-corrected chi connectivity index (χ0v) is 14.3. The number of carbonyl (C=O) groups excluding carboxylic acids is 1. The van der Waals surface area contributed by atoms with Gasteiger partial charge in [-0.05, 0) is 6.42 Å². The maximum atomic E-state index is 12.6. The van der Waals surface area contributed by atoms with Crippen molar-refractivity contribution in [2.75, 3.05) is 18.9 Å². The number of H-pyrrole nitrogens is 1. The lowest BCUT2D eigenvalue weighted by Crippen LogP contribution is -2.41. The van der Waals surface area contributed by atoms with Crippen molar-refractivity contribution in [3.8, 4) is 0 Å². The summed E-state index contributed by atoms with van der Waals surface area (Å²) in [6, 6.07) is 0. The molecule has 3 atom stereocenters. The molecule has 0 aliphatic heterocycles. The molecule has 11 nitrogen and oxygen atoms in total. The van der Waals surface area contributed by atoms with Crippen molar-refractivity contribution in [3.05, 3.63) is 16.7 Å². The minimum Gasteiger partial charge on any atom is -0.461 e. The van der Waals surface area contributed by atoms with Gasteiger partial charge in [-0.3, -0.25) is 19.1 Å². The third-order valence-corrected chi connectivity index (χ3v) is 4.33. The summed E-state index contributed by atoms with van der Waals surface area (Å²) in [6.45, 7) is -1.34. The Kier molecular flexibility index (Phi) is 5.03. The summed E-state index contributed by atoms with van der Waals surface area (Å²) in [4.78, 5) is 33.6. The van der Waals surface area contributed by atoms with E-state index in [1.165, 1.54) is 10.9 Å². The van der Waals surface area contributed by atoms with E-state index in [1.54, 1.807) is 0 Å². The van der Waals surface area contributed by atoms with Crippen LogP contribution in [0.25, 0.3) is 11.2 Å². The molecule has 2 aromatic heterocycles. The number of halogens is 3. The molecule has 14 heteroatoms. The Morgan fingerprint density at radius 2 is 2.25 bits per heavy atom. The number of nitrogens with zero attached hydrogens (tertiary/aromatic N) is 3. The van der Waals surface area contributed by atoms with Crippen LogP contribution >= 0.6 is 0 Å². The molecule has 1 saturated carbocycles. The molecule has 28 heavy (non-hydrogen) atoms. The van der Waals surface area contributed by atoms with Gasteiger partial charge < -0.3 is 26.0 Å². The number of aromatic nitrogens is 4. The zero-order valence-electron chi connectivity index (χ0n) is 14.3. The van der Waals surface area contributed by atoms with Gasteiger partial charge in [0.15, 0.2) is 11.2 Å². The number of hydrogen-bond donors (Lipinski definition) is 4. The van der Waals surface area contributed by atoms with Crippen LogP contribution in [-0.2, 0) is 21.0 Å². The quantitative estimate of drug-likeness (QED) is 0.415. The summed E-state index contributed by atoms with van der Waals surface area (Å²) in [5.74, 6) is -3.30. The number of nitrogen functional groups attached to an aromatic ring is 1. The summed E-state index contributed by atoms with van der Waals surface area (Å²) in [6.07, 6.45) is -4.94. The average molecular weight is 406 g/mol. The van der Waals surface area contributed by atoms with Crippen molar-refractivity contribution >= 4 is 23.1 Å². The molecule has 3 rings (SSSR count). The summed E-state index contributed by atoms with van der Waals surface area (Å²) in [5, 5.41) is 9.33. The van der Waals surface area contributed by atoms with E-state index >= 15 is 0 Å². The number of nitrogens with one attached hydrogen (secondary N) is 1. The van der Waals surface area contributed by atoms with Gasteiger partial charge in [-0.1, -0.05) is 0 Å². The monoisotopic (exact) mass is 406 g/mol. The molecule has 1 aliphatic rings. The van der Waals surface area contributed by atoms with Crippen LogP contribution in [0.2, 0.25) is 0 Å². The van der Waals surface area contributed by atoms with Crippen molar-refractivity contribution in [1.82, 2.24) is 19.5 Å². The molecule has 3 unspecified atom stereocenters. The number of rotatable bonds is 7. The van der Waals surface area contributed by atoms with Gasteiger partial charge in [0.05, 0.1) is 18.9 Å². The number of imidazole rings is 1. The van der Waals surface area contributed by atoms with E-state index in [2.05, 4.69) is 15.0 Å². The molecular formula is C14H17F3N6O5. The first-order valence-corrected chi connectivity index (χ1v) is 8.02. The smallest absolute Gasteiger partial charge is 0.394 e. The van der Waals surface area contributed by atoms with Crippen molar-refractivity contribution < 1.29 is 32.5 Å². The third kappa shape index (κ3) is 3.79. The van der Waals surface area contributed by atoms with Crippen LogP contribution in [0.15, 0.2) is 11.1 Å². The SMILES string of the molecule is Nc1nc2c(ncn2COC(CO)COC(=O)C2(N)CC2C(F)(F)F)c(=O)[nH]1. The molecule has 1 fully saturated rings. The van der Waals surface area contributed by atoms with Gasteiger partial charge in [-0.2, -0.15) is 18.2 Å². The van der Waals surface area contributed by atoms with Gasteiger partial charge in [0.2, 0.25) is 5.95 Å². The average Bonchev–Trinajstić information content (AvgIpc) is 3.17. The fourth-order valence-corrected chi connectivity index (χ4v) is 2.62. The van der Waals surface area contributed by atoms with Crippen molar-refractivity contribution in [2.45, 2.75) is 31.0 Å². The fourth-order valence-electron chi connectivity index (χ4n) is 2.62. The third-order valence-electron chi connectivity index (χ3n) is 4.33. The number of anilines is 1.